The molecule has 92 valence electrons. The Hall–Kier alpha value is -1.61. The van der Waals surface area contributed by atoms with Gasteiger partial charge < -0.3 is 9.22 Å². The van der Waals surface area contributed by atoms with Crippen molar-refractivity contribution in [1.82, 2.24) is 0 Å². The summed E-state index contributed by atoms with van der Waals surface area (Å²) in [6.45, 7) is 5.49. The van der Waals surface area contributed by atoms with Crippen LogP contribution in [0.4, 0.5) is 0 Å². The average Bonchev–Trinajstić information content (AvgIpc) is 2.29. The van der Waals surface area contributed by atoms with Crippen LogP contribution < -0.4 is 0 Å². The third-order valence-corrected chi connectivity index (χ3v) is 2.56. The smallest absolute Gasteiger partial charge is 0.330 e. The second-order valence-electron chi connectivity index (χ2n) is 4.67. The number of rotatable bonds is 6. The fourth-order valence-electron chi connectivity index (χ4n) is 1.61. The molecule has 1 rings (SSSR count). The van der Waals surface area contributed by atoms with Gasteiger partial charge in [0.1, 0.15) is 19.7 Å². The number of likely N-dealkylation sites (N-methyl/N-ethyl adjacent to an activating group) is 1. The Balaban J connectivity index is 2.41. The van der Waals surface area contributed by atoms with E-state index in [1.165, 1.54) is 11.6 Å². The van der Waals surface area contributed by atoms with Gasteiger partial charge in [-0.25, -0.2) is 4.79 Å². The number of nitrogens with zero attached hydrogens (tertiary/aromatic N) is 1. The van der Waals surface area contributed by atoms with Crippen LogP contribution in [-0.2, 0) is 16.1 Å². The van der Waals surface area contributed by atoms with Crippen LogP contribution in [0.2, 0.25) is 0 Å². The molecule has 1 aromatic rings. The van der Waals surface area contributed by atoms with Crippen LogP contribution in [0.25, 0.3) is 0 Å². The number of hydrogen-bond donors (Lipinski definition) is 0. The summed E-state index contributed by atoms with van der Waals surface area (Å²) in [5.41, 5.74) is 1.28. The molecule has 3 heteroatoms. The van der Waals surface area contributed by atoms with Crippen LogP contribution in [0.15, 0.2) is 43.0 Å². The van der Waals surface area contributed by atoms with Gasteiger partial charge in [0.15, 0.2) is 0 Å². The number of benzene rings is 1. The summed E-state index contributed by atoms with van der Waals surface area (Å²) in [7, 11) is 4.24. The maximum Gasteiger partial charge on any atom is 0.330 e. The normalized spacial score (nSPS) is 10.9. The van der Waals surface area contributed by atoms with Gasteiger partial charge in [0.05, 0.1) is 14.1 Å². The minimum absolute atomic E-state index is 0.357. The maximum atomic E-state index is 10.9. The molecule has 0 radical (unpaired) electrons. The number of hydrogen-bond acceptors (Lipinski definition) is 2. The van der Waals surface area contributed by atoms with E-state index in [0.29, 0.717) is 6.61 Å². The molecular weight excluding hydrogens is 214 g/mol. The SMILES string of the molecule is C=CC(=O)OCC[N+](C)(C)Cc1ccccc1. The highest BCUT2D eigenvalue weighted by Crippen LogP contribution is 2.08. The summed E-state index contributed by atoms with van der Waals surface area (Å²) < 4.78 is 5.78. The Morgan fingerprint density at radius 2 is 2.00 bits per heavy atom. The highest BCUT2D eigenvalue weighted by Gasteiger charge is 2.16. The van der Waals surface area contributed by atoms with E-state index < -0.39 is 0 Å². The molecule has 1 aromatic carbocycles. The highest BCUT2D eigenvalue weighted by atomic mass is 16.5. The minimum Gasteiger partial charge on any atom is -0.457 e. The van der Waals surface area contributed by atoms with Crippen LogP contribution >= 0.6 is 0 Å². The van der Waals surface area contributed by atoms with Gasteiger partial charge in [0.25, 0.3) is 0 Å². The van der Waals surface area contributed by atoms with E-state index >= 15 is 0 Å². The first kappa shape index (κ1) is 13.5. The Bertz CT molecular complexity index is 371. The number of esters is 1. The topological polar surface area (TPSA) is 26.3 Å². The van der Waals surface area contributed by atoms with E-state index in [0.717, 1.165) is 17.6 Å². The van der Waals surface area contributed by atoms with Crippen molar-refractivity contribution in [2.24, 2.45) is 0 Å². The number of quaternary nitrogens is 1. The summed E-state index contributed by atoms with van der Waals surface area (Å²) in [6, 6.07) is 10.3. The molecule has 3 nitrogen and oxygen atoms in total. The van der Waals surface area contributed by atoms with E-state index in [2.05, 4.69) is 32.8 Å². The standard InChI is InChI=1S/C14H20NO2/c1-4-14(16)17-11-10-15(2,3)12-13-8-6-5-7-9-13/h4-9H,1,10-12H2,2-3H3/q+1. The molecule has 0 aromatic heterocycles. The van der Waals surface area contributed by atoms with Gasteiger partial charge in [-0.2, -0.15) is 0 Å². The van der Waals surface area contributed by atoms with Crippen LogP contribution in [-0.4, -0.2) is 37.7 Å². The van der Waals surface area contributed by atoms with Crippen LogP contribution in [0.3, 0.4) is 0 Å². The van der Waals surface area contributed by atoms with Crippen molar-refractivity contribution in [3.05, 3.63) is 48.6 Å². The van der Waals surface area contributed by atoms with Crippen molar-refractivity contribution in [2.75, 3.05) is 27.2 Å². The van der Waals surface area contributed by atoms with Crippen molar-refractivity contribution in [3.8, 4) is 0 Å². The van der Waals surface area contributed by atoms with Gasteiger partial charge in [-0.1, -0.05) is 36.9 Å². The summed E-state index contributed by atoms with van der Waals surface area (Å²) in [6.07, 6.45) is 1.19. The van der Waals surface area contributed by atoms with Gasteiger partial charge in [-0.3, -0.25) is 0 Å². The monoisotopic (exact) mass is 234 g/mol. The quantitative estimate of drug-likeness (QED) is 0.427. The summed E-state index contributed by atoms with van der Waals surface area (Å²) in [5.74, 6) is -0.357. The molecule has 0 aliphatic heterocycles. The first-order valence-corrected chi connectivity index (χ1v) is 5.68. The lowest BCUT2D eigenvalue weighted by Gasteiger charge is -2.29. The lowest BCUT2D eigenvalue weighted by atomic mass is 10.2. The van der Waals surface area contributed by atoms with Gasteiger partial charge in [0, 0.05) is 11.6 Å². The molecule has 0 N–H and O–H groups in total. The Morgan fingerprint density at radius 1 is 1.35 bits per heavy atom. The Morgan fingerprint density at radius 3 is 2.59 bits per heavy atom. The predicted octanol–water partition coefficient (Wildman–Crippen LogP) is 1.99. The van der Waals surface area contributed by atoms with Crippen LogP contribution in [0.1, 0.15) is 5.56 Å². The molecule has 17 heavy (non-hydrogen) atoms. The second kappa shape index (κ2) is 6.21. The molecule has 0 heterocycles. The molecule has 0 unspecified atom stereocenters. The van der Waals surface area contributed by atoms with Crippen LogP contribution in [0.5, 0.6) is 0 Å². The lowest BCUT2D eigenvalue weighted by Crippen LogP contribution is -2.41. The van der Waals surface area contributed by atoms with Crippen LogP contribution in [0, 0.1) is 0 Å². The van der Waals surface area contributed by atoms with Crippen molar-refractivity contribution in [1.29, 1.82) is 0 Å². The molecule has 0 aliphatic rings. The second-order valence-corrected chi connectivity index (χ2v) is 4.67. The third kappa shape index (κ3) is 5.31. The van der Waals surface area contributed by atoms with Gasteiger partial charge in [-0.15, -0.1) is 0 Å². The maximum absolute atomic E-state index is 10.9. The predicted molar refractivity (Wildman–Crippen MR) is 68.3 cm³/mol. The zero-order valence-electron chi connectivity index (χ0n) is 10.6. The van der Waals surface area contributed by atoms with E-state index in [-0.39, 0.29) is 5.97 Å². The molecule has 0 atom stereocenters. The van der Waals surface area contributed by atoms with Gasteiger partial charge >= 0.3 is 5.97 Å². The average molecular weight is 234 g/mol. The van der Waals surface area contributed by atoms with Gasteiger partial charge in [0.2, 0.25) is 0 Å². The zero-order valence-corrected chi connectivity index (χ0v) is 10.6. The molecule has 0 saturated carbocycles. The van der Waals surface area contributed by atoms with Crippen molar-refractivity contribution in [2.45, 2.75) is 6.54 Å². The Kier molecular flexibility index (Phi) is 4.91. The van der Waals surface area contributed by atoms with E-state index in [1.54, 1.807) is 0 Å². The van der Waals surface area contributed by atoms with E-state index in [9.17, 15) is 4.79 Å². The number of ether oxygens (including phenoxy) is 1. The molecule has 0 amide bonds. The molecular formula is C14H20NO2+. The first-order valence-electron chi connectivity index (χ1n) is 5.68. The highest BCUT2D eigenvalue weighted by molar-refractivity contribution is 5.81. The third-order valence-electron chi connectivity index (χ3n) is 2.56. The fraction of sp³-hybridized carbons (Fsp3) is 0.357. The number of carbonyl (C=O) groups is 1. The van der Waals surface area contributed by atoms with Crippen molar-refractivity contribution < 1.29 is 14.0 Å². The molecule has 0 aliphatic carbocycles. The molecule has 0 fully saturated rings. The molecule has 0 spiro atoms. The van der Waals surface area contributed by atoms with Crippen molar-refractivity contribution >= 4 is 5.97 Å². The first-order chi connectivity index (χ1) is 8.03. The lowest BCUT2D eigenvalue weighted by molar-refractivity contribution is -0.903. The number of carbonyl (C=O) groups excluding carboxylic acids is 1. The Labute approximate surface area is 103 Å². The summed E-state index contributed by atoms with van der Waals surface area (Å²) >= 11 is 0. The van der Waals surface area contributed by atoms with Crippen molar-refractivity contribution in [3.63, 3.8) is 0 Å². The fourth-order valence-corrected chi connectivity index (χ4v) is 1.61. The molecule has 0 bridgehead atoms. The summed E-state index contributed by atoms with van der Waals surface area (Å²) in [4.78, 5) is 10.9. The zero-order chi connectivity index (χ0) is 12.7. The van der Waals surface area contributed by atoms with Gasteiger partial charge in [-0.05, 0) is 0 Å². The molecule has 0 saturated heterocycles. The van der Waals surface area contributed by atoms with E-state index in [1.807, 2.05) is 18.2 Å². The van der Waals surface area contributed by atoms with E-state index in [4.69, 9.17) is 4.74 Å². The summed E-state index contributed by atoms with van der Waals surface area (Å²) in [5, 5.41) is 0. The largest absolute Gasteiger partial charge is 0.457 e. The minimum atomic E-state index is -0.357.